The van der Waals surface area contributed by atoms with Crippen molar-refractivity contribution in [3.05, 3.63) is 99.8 Å². The third kappa shape index (κ3) is 4.99. The van der Waals surface area contributed by atoms with Crippen LogP contribution < -0.4 is 16.2 Å². The molecule has 2 amide bonds. The van der Waals surface area contributed by atoms with Crippen LogP contribution >= 0.6 is 0 Å². The van der Waals surface area contributed by atoms with Crippen LogP contribution in [0.1, 0.15) is 29.0 Å². The minimum Gasteiger partial charge on any atom is -0.480 e. The number of fused-ring (bicyclic) bond motifs is 4. The molecule has 1 heterocycles. The number of carboxylic acids is 1. The van der Waals surface area contributed by atoms with Crippen LogP contribution in [0, 0.1) is 6.92 Å². The van der Waals surface area contributed by atoms with Gasteiger partial charge in [-0.15, -0.1) is 0 Å². The monoisotopic (exact) mass is 511 g/mol. The van der Waals surface area contributed by atoms with Gasteiger partial charge in [0.15, 0.2) is 0 Å². The zero-order valence-electron chi connectivity index (χ0n) is 20.5. The highest BCUT2D eigenvalue weighted by Crippen LogP contribution is 2.44. The Morgan fingerprint density at radius 1 is 0.974 bits per heavy atom. The van der Waals surface area contributed by atoms with E-state index in [4.69, 9.17) is 4.74 Å². The van der Waals surface area contributed by atoms with E-state index in [1.807, 2.05) is 55.5 Å². The smallest absolute Gasteiger partial charge is 0.407 e. The quantitative estimate of drug-likeness (QED) is 0.294. The molecule has 1 atom stereocenters. The number of nitrogens with one attached hydrogen (secondary N) is 3. The molecule has 4 N–H and O–H groups in total. The normalized spacial score (nSPS) is 12.9. The zero-order chi connectivity index (χ0) is 26.8. The van der Waals surface area contributed by atoms with Gasteiger partial charge >= 0.3 is 12.1 Å². The molecular weight excluding hydrogens is 486 g/mol. The summed E-state index contributed by atoms with van der Waals surface area (Å²) in [6.07, 6.45) is -1.44. The van der Waals surface area contributed by atoms with Crippen molar-refractivity contribution in [2.75, 3.05) is 11.9 Å². The number of aromatic amines is 1. The fourth-order valence-electron chi connectivity index (χ4n) is 4.89. The van der Waals surface area contributed by atoms with Crippen LogP contribution in [0.2, 0.25) is 0 Å². The number of alkyl carbamates (subject to hydrolysis) is 1. The molecular formula is C29H25N3O6. The Hall–Kier alpha value is -4.92. The Bertz CT molecular complexity index is 1580. The number of H-pyrrole nitrogens is 1. The fraction of sp³-hybridized carbons (Fsp3) is 0.172. The third-order valence-electron chi connectivity index (χ3n) is 6.66. The number of carboxylic acid groups (broad SMARTS) is 1. The van der Waals surface area contributed by atoms with Gasteiger partial charge in [0.2, 0.25) is 11.5 Å². The summed E-state index contributed by atoms with van der Waals surface area (Å²) in [4.78, 5) is 51.3. The number of carbonyl (C=O) groups is 3. The molecule has 4 aromatic rings. The van der Waals surface area contributed by atoms with E-state index < -0.39 is 30.4 Å². The van der Waals surface area contributed by atoms with Gasteiger partial charge in [0.05, 0.1) is 11.9 Å². The number of rotatable bonds is 7. The molecule has 0 saturated carbocycles. The number of ether oxygens (including phenoxy) is 1. The molecule has 38 heavy (non-hydrogen) atoms. The van der Waals surface area contributed by atoms with Gasteiger partial charge in [0, 0.05) is 23.1 Å². The van der Waals surface area contributed by atoms with Crippen molar-refractivity contribution in [3.8, 4) is 11.1 Å². The number of aliphatic carboxylic acids is 1. The molecule has 1 aromatic heterocycles. The van der Waals surface area contributed by atoms with E-state index in [1.165, 1.54) is 6.07 Å². The van der Waals surface area contributed by atoms with Gasteiger partial charge in [-0.3, -0.25) is 9.59 Å². The van der Waals surface area contributed by atoms with Crippen molar-refractivity contribution in [3.63, 3.8) is 0 Å². The highest BCUT2D eigenvalue weighted by Gasteiger charge is 2.30. The SMILES string of the molecule is Cc1cc(=O)[nH]c2cc(NC(=O)C[C@H](NC(=O)OCC3c4ccccc4-c4ccccc43)C(=O)O)ccc12. The Morgan fingerprint density at radius 2 is 1.63 bits per heavy atom. The molecule has 0 bridgehead atoms. The predicted octanol–water partition coefficient (Wildman–Crippen LogP) is 4.16. The first kappa shape index (κ1) is 24.8. The van der Waals surface area contributed by atoms with E-state index in [9.17, 15) is 24.3 Å². The van der Waals surface area contributed by atoms with E-state index in [0.29, 0.717) is 11.2 Å². The topological polar surface area (TPSA) is 138 Å². The van der Waals surface area contributed by atoms with Crippen LogP contribution in [-0.4, -0.2) is 40.7 Å². The summed E-state index contributed by atoms with van der Waals surface area (Å²) in [5.41, 5.74) is 5.66. The molecule has 0 spiro atoms. The van der Waals surface area contributed by atoms with Crippen LogP contribution in [0.4, 0.5) is 10.5 Å². The third-order valence-corrected chi connectivity index (χ3v) is 6.66. The van der Waals surface area contributed by atoms with Crippen molar-refractivity contribution >= 4 is 34.6 Å². The lowest BCUT2D eigenvalue weighted by atomic mass is 9.98. The summed E-state index contributed by atoms with van der Waals surface area (Å²) >= 11 is 0. The van der Waals surface area contributed by atoms with Crippen molar-refractivity contribution in [1.82, 2.24) is 10.3 Å². The highest BCUT2D eigenvalue weighted by molar-refractivity contribution is 5.97. The molecule has 0 fully saturated rings. The second kappa shape index (κ2) is 10.2. The maximum absolute atomic E-state index is 12.6. The predicted molar refractivity (Wildman–Crippen MR) is 142 cm³/mol. The molecule has 0 unspecified atom stereocenters. The number of benzene rings is 3. The molecule has 192 valence electrons. The molecule has 9 nitrogen and oxygen atoms in total. The summed E-state index contributed by atoms with van der Waals surface area (Å²) in [6.45, 7) is 1.83. The van der Waals surface area contributed by atoms with Gasteiger partial charge in [-0.2, -0.15) is 0 Å². The summed E-state index contributed by atoms with van der Waals surface area (Å²) in [5.74, 6) is -2.17. The van der Waals surface area contributed by atoms with Crippen molar-refractivity contribution in [1.29, 1.82) is 0 Å². The van der Waals surface area contributed by atoms with Gasteiger partial charge in [0.1, 0.15) is 12.6 Å². The second-order valence-electron chi connectivity index (χ2n) is 9.19. The minimum atomic E-state index is -1.49. The number of anilines is 1. The zero-order valence-corrected chi connectivity index (χ0v) is 20.5. The maximum atomic E-state index is 12.6. The Labute approximate surface area is 217 Å². The number of carbonyl (C=O) groups excluding carboxylic acids is 2. The lowest BCUT2D eigenvalue weighted by Crippen LogP contribution is -2.43. The van der Waals surface area contributed by atoms with Crippen LogP contribution in [-0.2, 0) is 14.3 Å². The molecule has 3 aromatic carbocycles. The molecule has 0 aliphatic heterocycles. The number of hydrogen-bond acceptors (Lipinski definition) is 5. The summed E-state index contributed by atoms with van der Waals surface area (Å²) in [6, 6.07) is 20.7. The van der Waals surface area contributed by atoms with E-state index in [-0.39, 0.29) is 18.1 Å². The molecule has 1 aliphatic carbocycles. The molecule has 1 aliphatic rings. The van der Waals surface area contributed by atoms with Crippen LogP contribution in [0.25, 0.3) is 22.0 Å². The molecule has 5 rings (SSSR count). The van der Waals surface area contributed by atoms with Gasteiger partial charge in [0.25, 0.3) is 0 Å². The summed E-state index contributed by atoms with van der Waals surface area (Å²) < 4.78 is 5.41. The maximum Gasteiger partial charge on any atom is 0.407 e. The van der Waals surface area contributed by atoms with Crippen molar-refractivity contribution in [2.45, 2.75) is 25.3 Å². The summed E-state index contributed by atoms with van der Waals surface area (Å²) in [7, 11) is 0. The molecule has 0 radical (unpaired) electrons. The Kier molecular flexibility index (Phi) is 6.66. The first-order chi connectivity index (χ1) is 18.3. The number of aryl methyl sites for hydroxylation is 1. The lowest BCUT2D eigenvalue weighted by Gasteiger charge is -2.17. The Balaban J connectivity index is 1.21. The van der Waals surface area contributed by atoms with Gasteiger partial charge in [-0.05, 0) is 46.9 Å². The van der Waals surface area contributed by atoms with Crippen molar-refractivity contribution < 1.29 is 24.2 Å². The van der Waals surface area contributed by atoms with E-state index >= 15 is 0 Å². The van der Waals surface area contributed by atoms with Gasteiger partial charge < -0.3 is 25.5 Å². The lowest BCUT2D eigenvalue weighted by molar-refractivity contribution is -0.140. The number of hydrogen-bond donors (Lipinski definition) is 4. The minimum absolute atomic E-state index is 0.0209. The first-order valence-electron chi connectivity index (χ1n) is 12.1. The number of amides is 2. The van der Waals surface area contributed by atoms with Crippen LogP contribution in [0.3, 0.4) is 0 Å². The van der Waals surface area contributed by atoms with E-state index in [1.54, 1.807) is 18.2 Å². The van der Waals surface area contributed by atoms with Crippen LogP contribution in [0.5, 0.6) is 0 Å². The number of pyridine rings is 1. The largest absolute Gasteiger partial charge is 0.480 e. The van der Waals surface area contributed by atoms with Crippen molar-refractivity contribution in [2.24, 2.45) is 0 Å². The van der Waals surface area contributed by atoms with Gasteiger partial charge in [-0.25, -0.2) is 9.59 Å². The first-order valence-corrected chi connectivity index (χ1v) is 12.1. The van der Waals surface area contributed by atoms with Gasteiger partial charge in [-0.1, -0.05) is 54.6 Å². The second-order valence-corrected chi connectivity index (χ2v) is 9.19. The average molecular weight is 512 g/mol. The van der Waals surface area contributed by atoms with E-state index in [0.717, 1.165) is 33.2 Å². The highest BCUT2D eigenvalue weighted by atomic mass is 16.5. The number of aromatic nitrogens is 1. The summed E-state index contributed by atoms with van der Waals surface area (Å²) in [5, 5.41) is 15.3. The average Bonchev–Trinajstić information content (AvgIpc) is 3.20. The fourth-order valence-corrected chi connectivity index (χ4v) is 4.89. The molecule has 9 heteroatoms. The van der Waals surface area contributed by atoms with Crippen LogP contribution in [0.15, 0.2) is 77.6 Å². The Morgan fingerprint density at radius 3 is 2.29 bits per heavy atom. The standard InChI is InChI=1S/C29H25N3O6/c1-16-12-26(33)31-24-13-17(10-11-18(16)24)30-27(34)14-25(28(35)36)32-29(37)38-15-23-21-8-4-2-6-19(21)20-7-3-5-9-22(20)23/h2-13,23,25H,14-15H2,1H3,(H,30,34)(H,31,33)(H,32,37)(H,35,36)/t25-/m0/s1. The molecule has 0 saturated heterocycles. The van der Waals surface area contributed by atoms with E-state index in [2.05, 4.69) is 15.6 Å².